The van der Waals surface area contributed by atoms with E-state index >= 15 is 0 Å². The van der Waals surface area contributed by atoms with Crippen molar-refractivity contribution in [3.63, 3.8) is 0 Å². The highest BCUT2D eigenvalue weighted by Gasteiger charge is 2.16. The van der Waals surface area contributed by atoms with Crippen LogP contribution >= 0.6 is 0 Å². The van der Waals surface area contributed by atoms with Gasteiger partial charge in [-0.25, -0.2) is 0 Å². The third-order valence-electron chi connectivity index (χ3n) is 2.93. The van der Waals surface area contributed by atoms with Crippen molar-refractivity contribution in [3.05, 3.63) is 23.8 Å². The Balaban J connectivity index is 2.03. The molecule has 2 N–H and O–H groups in total. The van der Waals surface area contributed by atoms with Crippen LogP contribution in [0.15, 0.2) is 18.2 Å². The van der Waals surface area contributed by atoms with Gasteiger partial charge in [0, 0.05) is 11.6 Å². The molecule has 0 saturated carbocycles. The van der Waals surface area contributed by atoms with Gasteiger partial charge in [-0.2, -0.15) is 0 Å². The van der Waals surface area contributed by atoms with Gasteiger partial charge in [0.2, 0.25) is 0 Å². The molecule has 0 atom stereocenters. The topological polar surface area (TPSA) is 43.1 Å². The first-order chi connectivity index (χ1) is 7.79. The van der Waals surface area contributed by atoms with Crippen LogP contribution in [0, 0.1) is 0 Å². The summed E-state index contributed by atoms with van der Waals surface area (Å²) in [5.41, 5.74) is 0.970. The highest BCUT2D eigenvalue weighted by Crippen LogP contribution is 2.22. The van der Waals surface area contributed by atoms with Gasteiger partial charge in [0.1, 0.15) is 31.1 Å². The summed E-state index contributed by atoms with van der Waals surface area (Å²) in [6.07, 6.45) is 0. The molecule has 88 valence electrons. The average Bonchev–Trinajstić information content (AvgIpc) is 2.33. The molecule has 0 aliphatic carbocycles. The number of quaternary nitrogens is 1. The first-order valence-corrected chi connectivity index (χ1v) is 5.57. The van der Waals surface area contributed by atoms with Gasteiger partial charge in [0.25, 0.3) is 0 Å². The summed E-state index contributed by atoms with van der Waals surface area (Å²) in [4.78, 5) is 1.45. The Hall–Kier alpha value is -1.26. The number of phenols is 1. The third kappa shape index (κ3) is 2.65. The predicted octanol–water partition coefficient (Wildman–Crippen LogP) is -0.184. The highest BCUT2D eigenvalue weighted by molar-refractivity contribution is 5.39. The molecule has 0 bridgehead atoms. The molecule has 0 unspecified atom stereocenters. The normalized spacial score (nSPS) is 17.3. The van der Waals surface area contributed by atoms with E-state index in [1.54, 1.807) is 13.2 Å². The zero-order valence-corrected chi connectivity index (χ0v) is 9.53. The predicted molar refractivity (Wildman–Crippen MR) is 59.9 cm³/mol. The molecule has 1 fully saturated rings. The quantitative estimate of drug-likeness (QED) is 0.748. The minimum Gasteiger partial charge on any atom is -0.507 e. The second-order valence-corrected chi connectivity index (χ2v) is 4.03. The summed E-state index contributed by atoms with van der Waals surface area (Å²) in [7, 11) is 1.60. The van der Waals surface area contributed by atoms with Crippen molar-refractivity contribution in [2.45, 2.75) is 6.54 Å². The molecule has 1 aromatic rings. The fourth-order valence-electron chi connectivity index (χ4n) is 1.93. The van der Waals surface area contributed by atoms with E-state index in [1.165, 1.54) is 4.90 Å². The van der Waals surface area contributed by atoms with E-state index in [4.69, 9.17) is 9.47 Å². The first-order valence-electron chi connectivity index (χ1n) is 5.57. The summed E-state index contributed by atoms with van der Waals surface area (Å²) in [5.74, 6) is 1.01. The lowest BCUT2D eigenvalue weighted by molar-refractivity contribution is -0.921. The Morgan fingerprint density at radius 3 is 2.75 bits per heavy atom. The smallest absolute Gasteiger partial charge is 0.128 e. The maximum atomic E-state index is 9.83. The van der Waals surface area contributed by atoms with E-state index in [-0.39, 0.29) is 0 Å². The van der Waals surface area contributed by atoms with Crippen LogP contribution < -0.4 is 9.64 Å². The number of aromatic hydroxyl groups is 1. The molecule has 1 aliphatic heterocycles. The van der Waals surface area contributed by atoms with Gasteiger partial charge in [0.05, 0.1) is 20.3 Å². The third-order valence-corrected chi connectivity index (χ3v) is 2.93. The molecule has 4 heteroatoms. The van der Waals surface area contributed by atoms with Crippen molar-refractivity contribution >= 4 is 0 Å². The fourth-order valence-corrected chi connectivity index (χ4v) is 1.93. The number of benzene rings is 1. The molecular formula is C12H18NO3+. The second-order valence-electron chi connectivity index (χ2n) is 4.03. The zero-order chi connectivity index (χ0) is 11.4. The molecule has 2 rings (SSSR count). The number of rotatable bonds is 3. The lowest BCUT2D eigenvalue weighted by Crippen LogP contribution is -3.12. The van der Waals surface area contributed by atoms with E-state index in [0.717, 1.165) is 38.4 Å². The minimum atomic E-state index is 0.318. The number of hydrogen-bond donors (Lipinski definition) is 2. The van der Waals surface area contributed by atoms with Crippen LogP contribution in [0.25, 0.3) is 0 Å². The van der Waals surface area contributed by atoms with Crippen LogP contribution in [0.2, 0.25) is 0 Å². The van der Waals surface area contributed by atoms with E-state index in [1.807, 2.05) is 12.1 Å². The van der Waals surface area contributed by atoms with E-state index in [0.29, 0.717) is 11.5 Å². The standard InChI is InChI=1S/C12H17NO3/c1-15-11-3-2-10(12(14)8-11)9-13-4-6-16-7-5-13/h2-3,8,14H,4-7,9H2,1H3/p+1. The molecule has 1 aliphatic rings. The molecule has 0 spiro atoms. The minimum absolute atomic E-state index is 0.318. The molecule has 1 heterocycles. The van der Waals surface area contributed by atoms with Crippen LogP contribution in [0.1, 0.15) is 5.56 Å². The lowest BCUT2D eigenvalue weighted by atomic mass is 10.1. The van der Waals surface area contributed by atoms with Crippen LogP contribution in [0.5, 0.6) is 11.5 Å². The fraction of sp³-hybridized carbons (Fsp3) is 0.500. The Morgan fingerprint density at radius 2 is 2.12 bits per heavy atom. The summed E-state index contributed by atoms with van der Waals surface area (Å²) < 4.78 is 10.4. The van der Waals surface area contributed by atoms with Crippen molar-refractivity contribution < 1.29 is 19.5 Å². The SMILES string of the molecule is COc1ccc(C[NH+]2CCOCC2)c(O)c1. The van der Waals surface area contributed by atoms with Crippen LogP contribution in [-0.2, 0) is 11.3 Å². The number of ether oxygens (including phenoxy) is 2. The van der Waals surface area contributed by atoms with Gasteiger partial charge < -0.3 is 19.5 Å². The number of morpholine rings is 1. The van der Waals surface area contributed by atoms with Gasteiger partial charge in [-0.3, -0.25) is 0 Å². The Morgan fingerprint density at radius 1 is 1.38 bits per heavy atom. The van der Waals surface area contributed by atoms with Crippen molar-refractivity contribution in [2.75, 3.05) is 33.4 Å². The molecule has 1 saturated heterocycles. The number of nitrogens with one attached hydrogen (secondary N) is 1. The van der Waals surface area contributed by atoms with Crippen molar-refractivity contribution in [2.24, 2.45) is 0 Å². The Bertz CT molecular complexity index is 348. The monoisotopic (exact) mass is 224 g/mol. The zero-order valence-electron chi connectivity index (χ0n) is 9.53. The molecule has 16 heavy (non-hydrogen) atoms. The maximum Gasteiger partial charge on any atom is 0.128 e. The molecule has 4 nitrogen and oxygen atoms in total. The molecule has 0 radical (unpaired) electrons. The van der Waals surface area contributed by atoms with Crippen molar-refractivity contribution in [1.82, 2.24) is 0 Å². The maximum absolute atomic E-state index is 9.83. The van der Waals surface area contributed by atoms with Crippen LogP contribution in [-0.4, -0.2) is 38.5 Å². The second kappa shape index (κ2) is 5.18. The lowest BCUT2D eigenvalue weighted by Gasteiger charge is -2.24. The number of hydrogen-bond acceptors (Lipinski definition) is 3. The summed E-state index contributed by atoms with van der Waals surface area (Å²) >= 11 is 0. The van der Waals surface area contributed by atoms with Gasteiger partial charge in [-0.05, 0) is 12.1 Å². The van der Waals surface area contributed by atoms with Gasteiger partial charge in [-0.1, -0.05) is 0 Å². The summed E-state index contributed by atoms with van der Waals surface area (Å²) in [5, 5.41) is 9.83. The van der Waals surface area contributed by atoms with Gasteiger partial charge in [-0.15, -0.1) is 0 Å². The molecule has 1 aromatic carbocycles. The molecule has 0 amide bonds. The number of phenolic OH excluding ortho intramolecular Hbond substituents is 1. The van der Waals surface area contributed by atoms with E-state index < -0.39 is 0 Å². The van der Waals surface area contributed by atoms with Gasteiger partial charge >= 0.3 is 0 Å². The van der Waals surface area contributed by atoms with Gasteiger partial charge in [0.15, 0.2) is 0 Å². The largest absolute Gasteiger partial charge is 0.507 e. The first kappa shape index (κ1) is 11.2. The van der Waals surface area contributed by atoms with Crippen LogP contribution in [0.3, 0.4) is 0 Å². The van der Waals surface area contributed by atoms with E-state index in [9.17, 15) is 5.11 Å². The highest BCUT2D eigenvalue weighted by atomic mass is 16.5. The molecule has 0 aromatic heterocycles. The van der Waals surface area contributed by atoms with Crippen molar-refractivity contribution in [3.8, 4) is 11.5 Å². The molecular weight excluding hydrogens is 206 g/mol. The average molecular weight is 224 g/mol. The van der Waals surface area contributed by atoms with Crippen molar-refractivity contribution in [1.29, 1.82) is 0 Å². The Kier molecular flexibility index (Phi) is 3.64. The van der Waals surface area contributed by atoms with Crippen LogP contribution in [0.4, 0.5) is 0 Å². The Labute approximate surface area is 95.4 Å². The summed E-state index contributed by atoms with van der Waals surface area (Å²) in [6, 6.07) is 5.47. The van der Waals surface area contributed by atoms with E-state index in [2.05, 4.69) is 0 Å². The summed E-state index contributed by atoms with van der Waals surface area (Å²) in [6.45, 7) is 4.48. The number of methoxy groups -OCH3 is 1.